The van der Waals surface area contributed by atoms with Crippen LogP contribution < -0.4 is 10.6 Å². The molecule has 1 nitrogen and oxygen atoms in total. The van der Waals surface area contributed by atoms with Gasteiger partial charge in [0.2, 0.25) is 0 Å². The van der Waals surface area contributed by atoms with Gasteiger partial charge in [0, 0.05) is 21.9 Å². The van der Waals surface area contributed by atoms with E-state index in [0.29, 0.717) is 10.9 Å². The summed E-state index contributed by atoms with van der Waals surface area (Å²) < 4.78 is 6.14. The molecule has 1 unspecified atom stereocenters. The molecule has 1 aromatic heterocycles. The van der Waals surface area contributed by atoms with Crippen molar-refractivity contribution in [3.05, 3.63) is 99.1 Å². The van der Waals surface area contributed by atoms with Gasteiger partial charge in [0.05, 0.1) is 5.02 Å². The Morgan fingerprint density at radius 2 is 2.03 bits per heavy atom. The Bertz CT molecular complexity index is 1380. The number of para-hydroxylation sites is 1. The molecule has 0 radical (unpaired) electrons. The minimum absolute atomic E-state index is 0.0438. The molecule has 3 aromatic rings. The van der Waals surface area contributed by atoms with Gasteiger partial charge in [-0.05, 0) is 53.3 Å². The number of furan rings is 1. The second kappa shape index (κ2) is 6.89. The fourth-order valence-corrected chi connectivity index (χ4v) is 5.30. The quantitative estimate of drug-likeness (QED) is 0.459. The Kier molecular flexibility index (Phi) is 4.41. The number of fused-ring (bicyclic) bond motifs is 4. The second-order valence-electron chi connectivity index (χ2n) is 8.66. The van der Waals surface area contributed by atoms with Crippen molar-refractivity contribution in [2.45, 2.75) is 38.5 Å². The second-order valence-corrected chi connectivity index (χ2v) is 9.07. The van der Waals surface area contributed by atoms with Crippen molar-refractivity contribution in [3.63, 3.8) is 0 Å². The predicted octanol–water partition coefficient (Wildman–Crippen LogP) is 6.64. The van der Waals surface area contributed by atoms with Crippen LogP contribution in [0.15, 0.2) is 71.2 Å². The van der Waals surface area contributed by atoms with Crippen LogP contribution in [0.4, 0.5) is 0 Å². The van der Waals surface area contributed by atoms with Gasteiger partial charge in [-0.25, -0.2) is 0 Å². The zero-order chi connectivity index (χ0) is 21.0. The largest absolute Gasteiger partial charge is 0.455 e. The summed E-state index contributed by atoms with van der Waals surface area (Å²) in [5.41, 5.74) is 8.35. The van der Waals surface area contributed by atoms with Crippen molar-refractivity contribution in [1.82, 2.24) is 0 Å². The average molecular weight is 413 g/mol. The molecule has 0 fully saturated rings. The number of rotatable bonds is 2. The summed E-state index contributed by atoms with van der Waals surface area (Å²) in [7, 11) is 0. The highest BCUT2D eigenvalue weighted by Gasteiger charge is 2.37. The fourth-order valence-electron chi connectivity index (χ4n) is 5.08. The number of benzene rings is 2. The van der Waals surface area contributed by atoms with Gasteiger partial charge in [-0.3, -0.25) is 0 Å². The molecule has 2 aromatic carbocycles. The summed E-state index contributed by atoms with van der Waals surface area (Å²) in [5.74, 6) is 0.291. The van der Waals surface area contributed by atoms with Crippen molar-refractivity contribution in [1.29, 1.82) is 0 Å². The first-order valence-electron chi connectivity index (χ1n) is 10.5. The van der Waals surface area contributed by atoms with E-state index in [1.54, 1.807) is 0 Å². The Morgan fingerprint density at radius 3 is 2.80 bits per heavy atom. The van der Waals surface area contributed by atoms with Crippen LogP contribution in [0.3, 0.4) is 0 Å². The predicted molar refractivity (Wildman–Crippen MR) is 128 cm³/mol. The molecule has 0 amide bonds. The molecular formula is C28H25ClO. The van der Waals surface area contributed by atoms with Gasteiger partial charge in [0.15, 0.2) is 5.58 Å². The SMILES string of the molecule is C=C/C=C1\C(=C/C)c2ccc(C3C=c4oc5c(Cl)cccc5c4=CC3)cc2C1(C)C. The molecule has 0 saturated carbocycles. The molecule has 150 valence electrons. The summed E-state index contributed by atoms with van der Waals surface area (Å²) in [6.07, 6.45) is 11.8. The van der Waals surface area contributed by atoms with Crippen molar-refractivity contribution in [2.24, 2.45) is 0 Å². The standard InChI is InChI=1S/C28H25ClO/c1-5-8-23-19(6-2)20-13-11-17(15-24(20)28(23,3)4)18-12-14-21-22-9-7-10-25(29)27(22)30-26(21)16-18/h5-11,13-16,18H,1,12H2,2-4H3/b19-6-,23-8+. The van der Waals surface area contributed by atoms with Crippen LogP contribution in [0.5, 0.6) is 0 Å². The van der Waals surface area contributed by atoms with Crippen LogP contribution >= 0.6 is 11.6 Å². The van der Waals surface area contributed by atoms with Crippen LogP contribution in [-0.4, -0.2) is 0 Å². The van der Waals surface area contributed by atoms with E-state index >= 15 is 0 Å². The molecular weight excluding hydrogens is 388 g/mol. The van der Waals surface area contributed by atoms with Crippen LogP contribution in [0.25, 0.3) is 28.7 Å². The zero-order valence-corrected chi connectivity index (χ0v) is 18.4. The lowest BCUT2D eigenvalue weighted by molar-refractivity contribution is 0.569. The molecule has 1 heterocycles. The molecule has 1 atom stereocenters. The number of halogens is 1. The third kappa shape index (κ3) is 2.69. The lowest BCUT2D eigenvalue weighted by Gasteiger charge is -2.23. The van der Waals surface area contributed by atoms with E-state index in [1.807, 2.05) is 18.2 Å². The summed E-state index contributed by atoms with van der Waals surface area (Å²) in [6.45, 7) is 10.6. The average Bonchev–Trinajstić information content (AvgIpc) is 3.22. The summed E-state index contributed by atoms with van der Waals surface area (Å²) in [4.78, 5) is 0. The first-order valence-corrected chi connectivity index (χ1v) is 10.9. The Labute approximate surface area is 182 Å². The molecule has 30 heavy (non-hydrogen) atoms. The highest BCUT2D eigenvalue weighted by Crippen LogP contribution is 2.50. The molecule has 0 aliphatic heterocycles. The first kappa shape index (κ1) is 19.2. The number of hydrogen-bond donors (Lipinski definition) is 0. The molecule has 5 rings (SSSR count). The maximum absolute atomic E-state index is 6.35. The Hall–Kier alpha value is -2.77. The van der Waals surface area contributed by atoms with E-state index in [0.717, 1.165) is 28.0 Å². The maximum atomic E-state index is 6.35. The fraction of sp³-hybridized carbons (Fsp3) is 0.214. The molecule has 0 spiro atoms. The van der Waals surface area contributed by atoms with E-state index in [2.05, 4.69) is 75.9 Å². The zero-order valence-electron chi connectivity index (χ0n) is 17.6. The highest BCUT2D eigenvalue weighted by atomic mass is 35.5. The van der Waals surface area contributed by atoms with Crippen LogP contribution in [0.1, 0.15) is 49.8 Å². The summed E-state index contributed by atoms with van der Waals surface area (Å²) in [6, 6.07) is 12.9. The molecule has 0 bridgehead atoms. The van der Waals surface area contributed by atoms with Crippen LogP contribution in [0.2, 0.25) is 5.02 Å². The van der Waals surface area contributed by atoms with Gasteiger partial charge in [-0.2, -0.15) is 0 Å². The lowest BCUT2D eigenvalue weighted by Crippen LogP contribution is -2.25. The maximum Gasteiger partial charge on any atom is 0.153 e. The smallest absolute Gasteiger partial charge is 0.153 e. The molecule has 0 N–H and O–H groups in total. The van der Waals surface area contributed by atoms with Crippen LogP contribution in [-0.2, 0) is 5.41 Å². The van der Waals surface area contributed by atoms with E-state index < -0.39 is 0 Å². The summed E-state index contributed by atoms with van der Waals surface area (Å²) >= 11 is 6.35. The van der Waals surface area contributed by atoms with Gasteiger partial charge >= 0.3 is 0 Å². The molecule has 0 saturated heterocycles. The van der Waals surface area contributed by atoms with E-state index in [4.69, 9.17) is 16.0 Å². The minimum Gasteiger partial charge on any atom is -0.455 e. The lowest BCUT2D eigenvalue weighted by atomic mass is 9.80. The van der Waals surface area contributed by atoms with Crippen molar-refractivity contribution in [2.75, 3.05) is 0 Å². The molecule has 2 heteroatoms. The van der Waals surface area contributed by atoms with Crippen molar-refractivity contribution >= 4 is 40.3 Å². The van der Waals surface area contributed by atoms with Crippen molar-refractivity contribution < 1.29 is 4.42 Å². The van der Waals surface area contributed by atoms with E-state index in [-0.39, 0.29) is 5.41 Å². The normalized spacial score (nSPS) is 21.9. The third-order valence-corrected chi connectivity index (χ3v) is 6.93. The van der Waals surface area contributed by atoms with Crippen molar-refractivity contribution in [3.8, 4) is 0 Å². The van der Waals surface area contributed by atoms with Gasteiger partial charge in [-0.1, -0.05) is 86.7 Å². The van der Waals surface area contributed by atoms with Gasteiger partial charge < -0.3 is 4.42 Å². The van der Waals surface area contributed by atoms with Gasteiger partial charge in [0.1, 0.15) is 5.42 Å². The van der Waals surface area contributed by atoms with E-state index in [1.165, 1.54) is 27.8 Å². The van der Waals surface area contributed by atoms with Gasteiger partial charge in [0.25, 0.3) is 0 Å². The third-order valence-electron chi connectivity index (χ3n) is 6.64. The number of allylic oxidation sites excluding steroid dienone is 5. The highest BCUT2D eigenvalue weighted by molar-refractivity contribution is 6.34. The minimum atomic E-state index is -0.0438. The topological polar surface area (TPSA) is 13.1 Å². The summed E-state index contributed by atoms with van der Waals surface area (Å²) in [5, 5.41) is 2.93. The molecule has 2 aliphatic rings. The van der Waals surface area contributed by atoms with E-state index in [9.17, 15) is 0 Å². The number of hydrogen-bond acceptors (Lipinski definition) is 1. The first-order chi connectivity index (χ1) is 14.5. The monoisotopic (exact) mass is 412 g/mol. The Morgan fingerprint density at radius 1 is 1.20 bits per heavy atom. The van der Waals surface area contributed by atoms with Crippen LogP contribution in [0, 0.1) is 0 Å². The van der Waals surface area contributed by atoms with Gasteiger partial charge in [-0.15, -0.1) is 0 Å². The molecule has 2 aliphatic carbocycles. The Balaban J connectivity index is 1.63.